The van der Waals surface area contributed by atoms with E-state index in [2.05, 4.69) is 5.32 Å². The van der Waals surface area contributed by atoms with E-state index in [1.54, 1.807) is 18.2 Å². The van der Waals surface area contributed by atoms with Crippen LogP contribution in [0.1, 0.15) is 54.4 Å². The fourth-order valence-corrected chi connectivity index (χ4v) is 5.81. The maximum atomic E-state index is 13.3. The third-order valence-electron chi connectivity index (χ3n) is 8.55. The van der Waals surface area contributed by atoms with Gasteiger partial charge in [0.2, 0.25) is 29.5 Å². The van der Waals surface area contributed by atoms with Gasteiger partial charge in [-0.05, 0) is 57.6 Å². The third kappa shape index (κ3) is 15.3. The Kier molecular flexibility index (Phi) is 17.5. The van der Waals surface area contributed by atoms with Crippen LogP contribution in [0, 0.1) is 18.8 Å². The minimum absolute atomic E-state index is 0.151. The van der Waals surface area contributed by atoms with Gasteiger partial charge in [0, 0.05) is 30.5 Å². The van der Waals surface area contributed by atoms with Crippen LogP contribution >= 0.6 is 0 Å². The first-order chi connectivity index (χ1) is 25.4. The highest BCUT2D eigenvalue weighted by atomic mass is 16.4. The molecule has 296 valence electrons. The molecule has 54 heavy (non-hydrogen) atoms. The summed E-state index contributed by atoms with van der Waals surface area (Å²) in [6, 6.07) is 6.88. The monoisotopic (exact) mass is 762 g/mol. The number of aliphatic carboxylic acids is 4. The highest BCUT2D eigenvalue weighted by Crippen LogP contribution is 2.30. The highest BCUT2D eigenvalue weighted by Gasteiger charge is 2.35. The van der Waals surface area contributed by atoms with Gasteiger partial charge in [-0.1, -0.05) is 17.7 Å². The predicted octanol–water partition coefficient (Wildman–Crippen LogP) is -1.55. The molecule has 20 nitrogen and oxygen atoms in total. The molecular formula is C34H46N6O14. The van der Waals surface area contributed by atoms with E-state index in [1.165, 1.54) is 0 Å². The zero-order chi connectivity index (χ0) is 40.5. The Morgan fingerprint density at radius 1 is 0.630 bits per heavy atom. The number of carbonyl (C=O) groups excluding carboxylic acids is 6. The molecule has 2 rings (SSSR count). The Morgan fingerprint density at radius 3 is 1.56 bits per heavy atom. The van der Waals surface area contributed by atoms with Gasteiger partial charge in [0.05, 0.1) is 0 Å². The number of nitrogens with two attached hydrogens (primary N) is 1. The van der Waals surface area contributed by atoms with E-state index in [0.29, 0.717) is 26.7 Å². The molecule has 0 aromatic heterocycles. The molecule has 1 aromatic carbocycles. The summed E-state index contributed by atoms with van der Waals surface area (Å²) in [4.78, 5) is 126. The van der Waals surface area contributed by atoms with Gasteiger partial charge in [0.25, 0.3) is 5.91 Å². The first kappa shape index (κ1) is 44.1. The van der Waals surface area contributed by atoms with Crippen molar-refractivity contribution in [1.82, 2.24) is 24.9 Å². The van der Waals surface area contributed by atoms with E-state index < -0.39 is 111 Å². The number of aryl methyl sites for hydroxylation is 1. The van der Waals surface area contributed by atoms with E-state index in [4.69, 9.17) is 5.73 Å². The number of hydrogen-bond donors (Lipinski definition) is 6. The third-order valence-corrected chi connectivity index (χ3v) is 8.55. The second-order valence-electron chi connectivity index (χ2n) is 12.9. The van der Waals surface area contributed by atoms with Crippen LogP contribution in [0.5, 0.6) is 0 Å². The van der Waals surface area contributed by atoms with E-state index >= 15 is 0 Å². The predicted molar refractivity (Wildman–Crippen MR) is 184 cm³/mol. The van der Waals surface area contributed by atoms with Crippen LogP contribution in [0.3, 0.4) is 0 Å². The van der Waals surface area contributed by atoms with Gasteiger partial charge >= 0.3 is 23.9 Å². The summed E-state index contributed by atoms with van der Waals surface area (Å²) < 4.78 is 0. The molecule has 7 N–H and O–H groups in total. The van der Waals surface area contributed by atoms with Gasteiger partial charge in [0.15, 0.2) is 0 Å². The van der Waals surface area contributed by atoms with Crippen molar-refractivity contribution >= 4 is 59.3 Å². The summed E-state index contributed by atoms with van der Waals surface area (Å²) in [5.74, 6) is -12.3. The molecule has 1 aliphatic rings. The van der Waals surface area contributed by atoms with E-state index in [0.717, 1.165) is 10.5 Å². The van der Waals surface area contributed by atoms with E-state index in [9.17, 15) is 68.4 Å². The van der Waals surface area contributed by atoms with Crippen LogP contribution in [-0.4, -0.2) is 158 Å². The zero-order valence-corrected chi connectivity index (χ0v) is 29.8. The lowest BCUT2D eigenvalue weighted by Gasteiger charge is -2.32. The Bertz CT molecular complexity index is 1590. The summed E-state index contributed by atoms with van der Waals surface area (Å²) >= 11 is 0. The summed E-state index contributed by atoms with van der Waals surface area (Å²) in [6.07, 6.45) is 1.40. The van der Waals surface area contributed by atoms with Crippen molar-refractivity contribution in [3.05, 3.63) is 35.4 Å². The van der Waals surface area contributed by atoms with Crippen molar-refractivity contribution in [1.29, 1.82) is 0 Å². The van der Waals surface area contributed by atoms with Crippen LogP contribution in [0.25, 0.3) is 0 Å². The van der Waals surface area contributed by atoms with Crippen molar-refractivity contribution in [3.8, 4) is 0 Å². The molecule has 0 bridgehead atoms. The number of unbranched alkanes of at least 4 members (excludes halogenated alkanes) is 1. The first-order valence-electron chi connectivity index (χ1n) is 17.0. The second kappa shape index (κ2) is 21.4. The highest BCUT2D eigenvalue weighted by molar-refractivity contribution is 5.95. The maximum Gasteiger partial charge on any atom is 0.323 e. The number of benzene rings is 1. The molecule has 6 amide bonds. The zero-order valence-electron chi connectivity index (χ0n) is 29.8. The van der Waals surface area contributed by atoms with Crippen molar-refractivity contribution in [2.24, 2.45) is 17.6 Å². The summed E-state index contributed by atoms with van der Waals surface area (Å²) in [5, 5.41) is 40.4. The van der Waals surface area contributed by atoms with Crippen LogP contribution in [0.4, 0.5) is 0 Å². The number of carbonyl (C=O) groups is 10. The molecule has 0 spiro atoms. The molecule has 0 saturated heterocycles. The molecule has 0 radical (unpaired) electrons. The number of amides is 6. The number of carboxylic acids is 4. The molecule has 0 atom stereocenters. The second-order valence-corrected chi connectivity index (χ2v) is 12.9. The van der Waals surface area contributed by atoms with Gasteiger partial charge in [-0.2, -0.15) is 0 Å². The van der Waals surface area contributed by atoms with Gasteiger partial charge in [-0.15, -0.1) is 0 Å². The number of nitrogens with one attached hydrogen (secondary N) is 1. The minimum atomic E-state index is -1.61. The Morgan fingerprint density at radius 2 is 1.07 bits per heavy atom. The number of hydrogen-bond acceptors (Lipinski definition) is 10. The maximum absolute atomic E-state index is 13.3. The molecule has 0 unspecified atom stereocenters. The molecule has 1 aliphatic carbocycles. The average molecular weight is 763 g/mol. The number of carboxylic acid groups (broad SMARTS) is 4. The largest absolute Gasteiger partial charge is 0.480 e. The van der Waals surface area contributed by atoms with Crippen molar-refractivity contribution < 1.29 is 68.4 Å². The molecular weight excluding hydrogens is 716 g/mol. The molecule has 0 aliphatic heterocycles. The smallest absolute Gasteiger partial charge is 0.323 e. The molecule has 1 aromatic rings. The van der Waals surface area contributed by atoms with E-state index in [-0.39, 0.29) is 51.1 Å². The molecule has 1 fully saturated rings. The Hall–Kier alpha value is -6.08. The summed E-state index contributed by atoms with van der Waals surface area (Å²) in [6.45, 7) is -5.14. The van der Waals surface area contributed by atoms with Crippen molar-refractivity contribution in [3.63, 3.8) is 0 Å². The normalized spacial score (nSPS) is 14.9. The summed E-state index contributed by atoms with van der Waals surface area (Å²) in [5.41, 5.74) is 6.65. The van der Waals surface area contributed by atoms with Crippen LogP contribution in [0.15, 0.2) is 24.3 Å². The number of rotatable bonds is 22. The lowest BCUT2D eigenvalue weighted by atomic mass is 9.81. The van der Waals surface area contributed by atoms with Gasteiger partial charge in [-0.25, -0.2) is 0 Å². The topological polar surface area (TPSA) is 303 Å². The molecule has 20 heteroatoms. The first-order valence-corrected chi connectivity index (χ1v) is 17.0. The van der Waals surface area contributed by atoms with Gasteiger partial charge < -0.3 is 51.1 Å². The Balaban J connectivity index is 2.12. The lowest BCUT2D eigenvalue weighted by Crippen LogP contribution is -2.53. The molecule has 1 saturated carbocycles. The minimum Gasteiger partial charge on any atom is -0.480 e. The Labute approximate surface area is 309 Å². The fraction of sp³-hybridized carbons (Fsp3) is 0.529. The molecule has 0 heterocycles. The van der Waals surface area contributed by atoms with Crippen molar-refractivity contribution in [2.45, 2.75) is 45.4 Å². The SMILES string of the molecule is Cc1cccc(C(=O)NCCCCN(CC(=O)O)C(=O)CN(CC(=O)O)C(=O)CN(CC(=O)O)C(=O)CN(CC(=O)O)C(=O)C2CCC(C(N)=O)CC2)c1. The van der Waals surface area contributed by atoms with E-state index in [1.807, 2.05) is 13.0 Å². The number of nitrogens with zero attached hydrogens (tertiary/aromatic N) is 4. The average Bonchev–Trinajstić information content (AvgIpc) is 3.08. The van der Waals surface area contributed by atoms with Crippen LogP contribution in [-0.2, 0) is 43.2 Å². The number of primary amides is 1. The van der Waals surface area contributed by atoms with Gasteiger partial charge in [0.1, 0.15) is 45.8 Å². The fourth-order valence-electron chi connectivity index (χ4n) is 5.81. The quantitative estimate of drug-likeness (QED) is 0.0729. The van der Waals surface area contributed by atoms with Crippen LogP contribution in [0.2, 0.25) is 0 Å². The van der Waals surface area contributed by atoms with Crippen LogP contribution < -0.4 is 11.1 Å². The lowest BCUT2D eigenvalue weighted by molar-refractivity contribution is -0.155. The van der Waals surface area contributed by atoms with Crippen molar-refractivity contribution in [2.75, 3.05) is 58.9 Å². The summed E-state index contributed by atoms with van der Waals surface area (Å²) in [7, 11) is 0. The van der Waals surface area contributed by atoms with Gasteiger partial charge in [-0.3, -0.25) is 47.9 Å². The standard InChI is InChI=1S/C34H46N6O14/c1-21-5-4-6-24(13-21)33(53)36-11-2-3-12-37(17-28(44)45)25(41)14-38(18-29(46)47)26(42)15-39(19-30(48)49)27(43)16-40(20-31(50)51)34(54)23-9-7-22(8-10-23)32(35)52/h4-6,13,22-23H,2-3,7-12,14-20H2,1H3,(H2,35,52)(H,36,53)(H,44,45)(H,46,47)(H,48,49)(H,50,51).